The second-order valence-corrected chi connectivity index (χ2v) is 6.42. The molecule has 1 atom stereocenters. The first kappa shape index (κ1) is 17.7. The molecule has 0 fully saturated rings. The summed E-state index contributed by atoms with van der Waals surface area (Å²) in [5, 5.41) is 11.9. The van der Waals surface area contributed by atoms with Crippen LogP contribution < -0.4 is 10.1 Å². The maximum absolute atomic E-state index is 12.5. The molecule has 2 rings (SSSR count). The van der Waals surface area contributed by atoms with Crippen molar-refractivity contribution in [2.75, 3.05) is 12.4 Å². The van der Waals surface area contributed by atoms with Gasteiger partial charge in [0.1, 0.15) is 5.75 Å². The highest BCUT2D eigenvalue weighted by Crippen LogP contribution is 2.27. The second-order valence-electron chi connectivity index (χ2n) is 5.16. The van der Waals surface area contributed by atoms with Gasteiger partial charge in [0.2, 0.25) is 5.91 Å². The molecular weight excluding hydrogens is 324 g/mol. The van der Waals surface area contributed by atoms with E-state index in [1.165, 1.54) is 18.4 Å². The number of benzene rings is 1. The van der Waals surface area contributed by atoms with Gasteiger partial charge in [0.25, 0.3) is 0 Å². The minimum absolute atomic E-state index is 0.426. The first-order chi connectivity index (χ1) is 11.5. The first-order valence-electron chi connectivity index (χ1n) is 7.48. The lowest BCUT2D eigenvalue weighted by Crippen LogP contribution is -2.28. The number of rotatable bonds is 6. The van der Waals surface area contributed by atoms with Gasteiger partial charge in [-0.15, -0.1) is 11.3 Å². The van der Waals surface area contributed by atoms with Gasteiger partial charge in [0.05, 0.1) is 23.7 Å². The van der Waals surface area contributed by atoms with E-state index in [0.29, 0.717) is 16.3 Å². The van der Waals surface area contributed by atoms with Crippen LogP contribution in [0.3, 0.4) is 0 Å². The molecule has 0 saturated heterocycles. The molecule has 5 nitrogen and oxygen atoms in total. The zero-order valence-electron chi connectivity index (χ0n) is 13.8. The Bertz CT molecular complexity index is 805. The third-order valence-corrected chi connectivity index (χ3v) is 4.77. The van der Waals surface area contributed by atoms with Crippen LogP contribution in [0.2, 0.25) is 0 Å². The predicted molar refractivity (Wildman–Crippen MR) is 93.5 cm³/mol. The van der Waals surface area contributed by atoms with Gasteiger partial charge in [0.15, 0.2) is 11.7 Å². The molecule has 24 heavy (non-hydrogen) atoms. The van der Waals surface area contributed by atoms with E-state index in [0.717, 1.165) is 16.9 Å². The van der Waals surface area contributed by atoms with Crippen molar-refractivity contribution >= 4 is 28.7 Å². The number of methoxy groups -OCH3 is 1. The number of carbonyl (C=O) groups is 2. The van der Waals surface area contributed by atoms with Crippen molar-refractivity contribution in [1.29, 1.82) is 5.26 Å². The molecule has 1 amide bonds. The van der Waals surface area contributed by atoms with Crippen LogP contribution in [0, 0.1) is 24.2 Å². The quantitative estimate of drug-likeness (QED) is 0.643. The fraction of sp³-hybridized carbons (Fsp3) is 0.278. The normalized spacial score (nSPS) is 11.4. The van der Waals surface area contributed by atoms with Crippen LogP contribution in [0.15, 0.2) is 30.3 Å². The Morgan fingerprint density at radius 1 is 1.38 bits per heavy atom. The molecule has 124 valence electrons. The number of carbonyl (C=O) groups excluding carboxylic acids is 2. The second kappa shape index (κ2) is 7.75. The van der Waals surface area contributed by atoms with E-state index in [9.17, 15) is 14.9 Å². The average Bonchev–Trinajstić information content (AvgIpc) is 2.96. The summed E-state index contributed by atoms with van der Waals surface area (Å²) in [6.07, 6.45) is 0.806. The Hall–Kier alpha value is -2.65. The smallest absolute Gasteiger partial charge is 0.249 e. The highest BCUT2D eigenvalue weighted by Gasteiger charge is 2.29. The summed E-state index contributed by atoms with van der Waals surface area (Å²) >= 11 is 1.32. The van der Waals surface area contributed by atoms with Gasteiger partial charge in [-0.2, -0.15) is 5.26 Å². The summed E-state index contributed by atoms with van der Waals surface area (Å²) in [6, 6.07) is 10.4. The summed E-state index contributed by atoms with van der Waals surface area (Å²) in [4.78, 5) is 26.4. The Labute approximate surface area is 144 Å². The first-order valence-corrected chi connectivity index (χ1v) is 8.30. The molecular formula is C18H18N2O3S. The monoisotopic (exact) mass is 342 g/mol. The molecule has 0 aliphatic carbocycles. The van der Waals surface area contributed by atoms with E-state index >= 15 is 0 Å². The molecule has 2 aromatic rings. The number of para-hydroxylation sites is 2. The van der Waals surface area contributed by atoms with Gasteiger partial charge in [-0.1, -0.05) is 19.1 Å². The number of aryl methyl sites for hydroxylation is 2. The third kappa shape index (κ3) is 3.63. The fourth-order valence-electron chi connectivity index (χ4n) is 2.32. The number of nitrogens with zero attached hydrogens (tertiary/aromatic N) is 1. The van der Waals surface area contributed by atoms with Crippen molar-refractivity contribution in [1.82, 2.24) is 0 Å². The summed E-state index contributed by atoms with van der Waals surface area (Å²) in [6.45, 7) is 3.93. The zero-order valence-corrected chi connectivity index (χ0v) is 14.6. The minimum Gasteiger partial charge on any atom is -0.495 e. The Kier molecular flexibility index (Phi) is 5.72. The van der Waals surface area contributed by atoms with Crippen molar-refractivity contribution in [3.8, 4) is 11.8 Å². The van der Waals surface area contributed by atoms with Crippen LogP contribution in [0.5, 0.6) is 5.75 Å². The molecule has 1 N–H and O–H groups in total. The number of ketones is 1. The largest absolute Gasteiger partial charge is 0.495 e. The number of thiophene rings is 1. The van der Waals surface area contributed by atoms with Crippen LogP contribution in [-0.4, -0.2) is 18.8 Å². The van der Waals surface area contributed by atoms with Gasteiger partial charge in [-0.25, -0.2) is 0 Å². The number of hydrogen-bond donors (Lipinski definition) is 1. The summed E-state index contributed by atoms with van der Waals surface area (Å²) in [5.74, 6) is -2.05. The lowest BCUT2D eigenvalue weighted by molar-refractivity contribution is -0.117. The number of nitriles is 1. The maximum Gasteiger partial charge on any atom is 0.249 e. The standard InChI is InChI=1S/C18H18N2O3S/c1-4-12-9-16(24-11(12)2)17(21)13(10-19)18(22)20-14-7-5-6-8-15(14)23-3/h5-9,13H,4H2,1-3H3,(H,20,22). The van der Waals surface area contributed by atoms with Crippen LogP contribution in [0.4, 0.5) is 5.69 Å². The molecule has 6 heteroatoms. The molecule has 1 unspecified atom stereocenters. The van der Waals surface area contributed by atoms with Gasteiger partial charge < -0.3 is 10.1 Å². The van der Waals surface area contributed by atoms with Gasteiger partial charge in [-0.3, -0.25) is 9.59 Å². The predicted octanol–water partition coefficient (Wildman–Crippen LogP) is 3.59. The Morgan fingerprint density at radius 3 is 2.67 bits per heavy atom. The van der Waals surface area contributed by atoms with Crippen molar-refractivity contribution < 1.29 is 14.3 Å². The average molecular weight is 342 g/mol. The molecule has 1 heterocycles. The van der Waals surface area contributed by atoms with Crippen molar-refractivity contribution in [3.63, 3.8) is 0 Å². The van der Waals surface area contributed by atoms with Gasteiger partial charge >= 0.3 is 0 Å². The van der Waals surface area contributed by atoms with Crippen molar-refractivity contribution in [2.24, 2.45) is 5.92 Å². The minimum atomic E-state index is -1.39. The number of amides is 1. The molecule has 1 aromatic heterocycles. The lowest BCUT2D eigenvalue weighted by Gasteiger charge is -2.11. The van der Waals surface area contributed by atoms with Crippen molar-refractivity contribution in [2.45, 2.75) is 20.3 Å². The highest BCUT2D eigenvalue weighted by molar-refractivity contribution is 7.14. The zero-order chi connectivity index (χ0) is 17.7. The summed E-state index contributed by atoms with van der Waals surface area (Å²) in [5.41, 5.74) is 1.49. The van der Waals surface area contributed by atoms with Crippen LogP contribution >= 0.6 is 11.3 Å². The van der Waals surface area contributed by atoms with Gasteiger partial charge in [-0.05, 0) is 37.1 Å². The van der Waals surface area contributed by atoms with E-state index in [-0.39, 0.29) is 0 Å². The molecule has 0 spiro atoms. The molecule has 0 radical (unpaired) electrons. The molecule has 0 saturated carbocycles. The molecule has 1 aromatic carbocycles. The SMILES string of the molecule is CCc1cc(C(=O)C(C#N)C(=O)Nc2ccccc2OC)sc1C. The number of nitrogens with one attached hydrogen (secondary N) is 1. The van der Waals surface area contributed by atoms with E-state index in [2.05, 4.69) is 5.32 Å². The topological polar surface area (TPSA) is 79.2 Å². The van der Waals surface area contributed by atoms with E-state index < -0.39 is 17.6 Å². The summed E-state index contributed by atoms with van der Waals surface area (Å²) in [7, 11) is 1.48. The van der Waals surface area contributed by atoms with Crippen LogP contribution in [0.1, 0.15) is 27.0 Å². The summed E-state index contributed by atoms with van der Waals surface area (Å²) < 4.78 is 5.16. The third-order valence-electron chi connectivity index (χ3n) is 3.66. The number of ether oxygens (including phenoxy) is 1. The molecule has 0 bridgehead atoms. The van der Waals surface area contributed by atoms with Crippen LogP contribution in [-0.2, 0) is 11.2 Å². The highest BCUT2D eigenvalue weighted by atomic mass is 32.1. The maximum atomic E-state index is 12.5. The fourth-order valence-corrected chi connectivity index (χ4v) is 3.41. The van der Waals surface area contributed by atoms with E-state index in [1.807, 2.05) is 19.9 Å². The lowest BCUT2D eigenvalue weighted by atomic mass is 10.0. The number of anilines is 1. The van der Waals surface area contributed by atoms with E-state index in [4.69, 9.17) is 4.74 Å². The number of hydrogen-bond acceptors (Lipinski definition) is 5. The van der Waals surface area contributed by atoms with Crippen molar-refractivity contribution in [3.05, 3.63) is 45.6 Å². The van der Waals surface area contributed by atoms with Crippen LogP contribution in [0.25, 0.3) is 0 Å². The Balaban J connectivity index is 2.22. The number of Topliss-reactive ketones (excluding diaryl/α,β-unsaturated/α-hetero) is 1. The Morgan fingerprint density at radius 2 is 2.08 bits per heavy atom. The molecule has 0 aliphatic heterocycles. The van der Waals surface area contributed by atoms with E-state index in [1.54, 1.807) is 30.3 Å². The van der Waals surface area contributed by atoms with Gasteiger partial charge in [0, 0.05) is 4.88 Å². The molecule has 0 aliphatic rings.